The Morgan fingerprint density at radius 1 is 1.33 bits per heavy atom. The summed E-state index contributed by atoms with van der Waals surface area (Å²) in [6.07, 6.45) is 0. The normalized spacial score (nSPS) is 11.1. The third-order valence-electron chi connectivity index (χ3n) is 2.25. The fourth-order valence-corrected chi connectivity index (χ4v) is 3.74. The summed E-state index contributed by atoms with van der Waals surface area (Å²) >= 11 is 9.45. The highest BCUT2D eigenvalue weighted by atomic mass is 35.5. The molecule has 2 nitrogen and oxygen atoms in total. The first-order chi connectivity index (χ1) is 8.65. The summed E-state index contributed by atoms with van der Waals surface area (Å²) in [4.78, 5) is 6.68. The van der Waals surface area contributed by atoms with E-state index >= 15 is 0 Å². The summed E-state index contributed by atoms with van der Waals surface area (Å²) in [5, 5.41) is 3.97. The molecule has 1 N–H and O–H groups in total. The van der Waals surface area contributed by atoms with Crippen LogP contribution in [0, 0.1) is 0 Å². The van der Waals surface area contributed by atoms with E-state index in [1.165, 1.54) is 4.90 Å². The molecule has 1 heterocycles. The van der Waals surface area contributed by atoms with Gasteiger partial charge in [-0.05, 0) is 12.1 Å². The molecule has 0 bridgehead atoms. The summed E-state index contributed by atoms with van der Waals surface area (Å²) in [5.41, 5.74) is 0. The van der Waals surface area contributed by atoms with Crippen LogP contribution in [0.4, 0.5) is 0 Å². The number of thiazole rings is 1. The molecular weight excluding hydrogens is 284 g/mol. The smallest absolute Gasteiger partial charge is 0.156 e. The molecule has 5 heteroatoms. The zero-order valence-electron chi connectivity index (χ0n) is 10.3. The van der Waals surface area contributed by atoms with E-state index in [0.29, 0.717) is 11.2 Å². The van der Waals surface area contributed by atoms with E-state index in [1.54, 1.807) is 23.1 Å². The Balaban J connectivity index is 2.04. The van der Waals surface area contributed by atoms with Gasteiger partial charge in [0.05, 0.1) is 4.88 Å². The van der Waals surface area contributed by atoms with Crippen LogP contribution in [0.1, 0.15) is 18.7 Å². The SMILES string of the molecule is CC(C)NCc1sc(Sc2ccccc2)nc1Cl. The standard InChI is InChI=1S/C13H15ClN2S2/c1-9(2)15-8-11-12(14)16-13(18-11)17-10-6-4-3-5-7-10/h3-7,9,15H,8H2,1-2H3. The van der Waals surface area contributed by atoms with E-state index in [2.05, 4.69) is 36.3 Å². The van der Waals surface area contributed by atoms with Crippen molar-refractivity contribution in [1.82, 2.24) is 10.3 Å². The average molecular weight is 299 g/mol. The molecule has 1 aromatic heterocycles. The quantitative estimate of drug-likeness (QED) is 0.883. The van der Waals surface area contributed by atoms with Gasteiger partial charge in [-0.3, -0.25) is 0 Å². The van der Waals surface area contributed by atoms with Crippen molar-refractivity contribution in [2.45, 2.75) is 35.7 Å². The number of benzene rings is 1. The minimum absolute atomic E-state index is 0.452. The lowest BCUT2D eigenvalue weighted by molar-refractivity contribution is 0.593. The van der Waals surface area contributed by atoms with E-state index in [4.69, 9.17) is 11.6 Å². The van der Waals surface area contributed by atoms with E-state index in [1.807, 2.05) is 18.2 Å². The van der Waals surface area contributed by atoms with Gasteiger partial charge in [-0.2, -0.15) is 0 Å². The van der Waals surface area contributed by atoms with E-state index in [0.717, 1.165) is 15.8 Å². The molecule has 0 aliphatic heterocycles. The largest absolute Gasteiger partial charge is 0.310 e. The zero-order valence-corrected chi connectivity index (χ0v) is 12.7. The Morgan fingerprint density at radius 3 is 2.72 bits per heavy atom. The molecular formula is C13H15ClN2S2. The number of hydrogen-bond acceptors (Lipinski definition) is 4. The highest BCUT2D eigenvalue weighted by Crippen LogP contribution is 2.34. The van der Waals surface area contributed by atoms with Crippen molar-refractivity contribution >= 4 is 34.7 Å². The van der Waals surface area contributed by atoms with Gasteiger partial charge in [0, 0.05) is 17.5 Å². The minimum Gasteiger partial charge on any atom is -0.310 e. The Bertz CT molecular complexity index is 497. The molecule has 2 aromatic rings. The first-order valence-electron chi connectivity index (χ1n) is 5.76. The maximum absolute atomic E-state index is 6.14. The molecule has 0 fully saturated rings. The molecule has 0 unspecified atom stereocenters. The Hall–Kier alpha value is -0.550. The third kappa shape index (κ3) is 3.99. The Labute approximate surface area is 121 Å². The second-order valence-corrected chi connectivity index (χ2v) is 6.91. The van der Waals surface area contributed by atoms with Gasteiger partial charge in [-0.1, -0.05) is 55.4 Å². The van der Waals surface area contributed by atoms with Gasteiger partial charge in [-0.15, -0.1) is 11.3 Å². The summed E-state index contributed by atoms with van der Waals surface area (Å²) in [6, 6.07) is 10.7. The monoisotopic (exact) mass is 298 g/mol. The summed E-state index contributed by atoms with van der Waals surface area (Å²) in [6.45, 7) is 5.02. The maximum atomic E-state index is 6.14. The van der Waals surface area contributed by atoms with Crippen LogP contribution in [-0.2, 0) is 6.54 Å². The lowest BCUT2D eigenvalue weighted by Gasteiger charge is -2.05. The molecule has 0 amide bonds. The molecule has 0 aliphatic carbocycles. The van der Waals surface area contributed by atoms with Crippen LogP contribution in [0.25, 0.3) is 0 Å². The summed E-state index contributed by atoms with van der Waals surface area (Å²) < 4.78 is 0.992. The number of nitrogens with one attached hydrogen (secondary N) is 1. The van der Waals surface area contributed by atoms with Crippen LogP contribution in [0.5, 0.6) is 0 Å². The predicted octanol–water partition coefficient (Wildman–Crippen LogP) is 4.45. The van der Waals surface area contributed by atoms with Crippen LogP contribution in [0.15, 0.2) is 39.6 Å². The first kappa shape index (κ1) is 13.9. The van der Waals surface area contributed by atoms with Gasteiger partial charge >= 0.3 is 0 Å². The number of aromatic nitrogens is 1. The van der Waals surface area contributed by atoms with E-state index < -0.39 is 0 Å². The molecule has 0 saturated heterocycles. The number of hydrogen-bond donors (Lipinski definition) is 1. The van der Waals surface area contributed by atoms with Crippen LogP contribution >= 0.6 is 34.7 Å². The number of nitrogens with zero attached hydrogens (tertiary/aromatic N) is 1. The van der Waals surface area contributed by atoms with Gasteiger partial charge in [-0.25, -0.2) is 4.98 Å². The van der Waals surface area contributed by atoms with Crippen molar-refractivity contribution in [2.75, 3.05) is 0 Å². The Morgan fingerprint density at radius 2 is 2.06 bits per heavy atom. The second-order valence-electron chi connectivity index (χ2n) is 4.14. The molecule has 0 atom stereocenters. The molecule has 0 radical (unpaired) electrons. The van der Waals surface area contributed by atoms with Gasteiger partial charge in [0.2, 0.25) is 0 Å². The first-order valence-corrected chi connectivity index (χ1v) is 7.77. The minimum atomic E-state index is 0.452. The highest BCUT2D eigenvalue weighted by Gasteiger charge is 2.10. The maximum Gasteiger partial charge on any atom is 0.156 e. The van der Waals surface area contributed by atoms with E-state index in [-0.39, 0.29) is 0 Å². The average Bonchev–Trinajstić information content (AvgIpc) is 2.68. The number of rotatable bonds is 5. The van der Waals surface area contributed by atoms with Gasteiger partial charge in [0.1, 0.15) is 5.15 Å². The van der Waals surface area contributed by atoms with Crippen molar-refractivity contribution in [2.24, 2.45) is 0 Å². The van der Waals surface area contributed by atoms with E-state index in [9.17, 15) is 0 Å². The third-order valence-corrected chi connectivity index (χ3v) is 4.80. The zero-order chi connectivity index (χ0) is 13.0. The van der Waals surface area contributed by atoms with Gasteiger partial charge < -0.3 is 5.32 Å². The topological polar surface area (TPSA) is 24.9 Å². The van der Waals surface area contributed by atoms with Crippen molar-refractivity contribution in [3.8, 4) is 0 Å². The van der Waals surface area contributed by atoms with Crippen LogP contribution < -0.4 is 5.32 Å². The summed E-state index contributed by atoms with van der Waals surface area (Å²) in [7, 11) is 0. The predicted molar refractivity (Wildman–Crippen MR) is 79.7 cm³/mol. The summed E-state index contributed by atoms with van der Waals surface area (Å²) in [5.74, 6) is 0. The molecule has 0 spiro atoms. The molecule has 0 aliphatic rings. The van der Waals surface area contributed by atoms with Crippen LogP contribution in [-0.4, -0.2) is 11.0 Å². The molecule has 2 rings (SSSR count). The van der Waals surface area contributed by atoms with Crippen molar-refractivity contribution in [3.05, 3.63) is 40.4 Å². The van der Waals surface area contributed by atoms with Crippen molar-refractivity contribution in [1.29, 1.82) is 0 Å². The van der Waals surface area contributed by atoms with Gasteiger partial charge in [0.25, 0.3) is 0 Å². The van der Waals surface area contributed by atoms with Crippen LogP contribution in [0.3, 0.4) is 0 Å². The van der Waals surface area contributed by atoms with Crippen LogP contribution in [0.2, 0.25) is 5.15 Å². The highest BCUT2D eigenvalue weighted by molar-refractivity contribution is 8.01. The lowest BCUT2D eigenvalue weighted by atomic mass is 10.4. The lowest BCUT2D eigenvalue weighted by Crippen LogP contribution is -2.21. The fourth-order valence-electron chi connectivity index (χ4n) is 1.35. The molecule has 18 heavy (non-hydrogen) atoms. The van der Waals surface area contributed by atoms with Crippen molar-refractivity contribution < 1.29 is 0 Å². The molecule has 96 valence electrons. The number of halogens is 1. The molecule has 0 saturated carbocycles. The second kappa shape index (κ2) is 6.57. The fraction of sp³-hybridized carbons (Fsp3) is 0.308. The Kier molecular flexibility index (Phi) is 5.06. The van der Waals surface area contributed by atoms with Gasteiger partial charge in [0.15, 0.2) is 4.34 Å². The molecule has 1 aromatic carbocycles. The van der Waals surface area contributed by atoms with Crippen molar-refractivity contribution in [3.63, 3.8) is 0 Å².